The number of nitrogens with zero attached hydrogens (tertiary/aromatic N) is 1. The van der Waals surface area contributed by atoms with E-state index in [9.17, 15) is 14.7 Å². The van der Waals surface area contributed by atoms with E-state index in [2.05, 4.69) is 10.2 Å². The minimum atomic E-state index is -0.748. The van der Waals surface area contributed by atoms with E-state index in [1.165, 1.54) is 6.42 Å². The Labute approximate surface area is 153 Å². The van der Waals surface area contributed by atoms with E-state index in [1.54, 1.807) is 11.8 Å². The predicted octanol–water partition coefficient (Wildman–Crippen LogP) is 3.45. The molecule has 5 nitrogen and oxygen atoms in total. The van der Waals surface area contributed by atoms with Gasteiger partial charge in [-0.15, -0.1) is 11.8 Å². The fraction of sp³-hybridized carbons (Fsp3) is 0.579. The minimum Gasteiger partial charge on any atom is -0.480 e. The number of hydrogen-bond donors (Lipinski definition) is 2. The summed E-state index contributed by atoms with van der Waals surface area (Å²) in [5, 5.41) is 12.5. The van der Waals surface area contributed by atoms with Gasteiger partial charge < -0.3 is 10.4 Å². The zero-order valence-corrected chi connectivity index (χ0v) is 15.4. The van der Waals surface area contributed by atoms with Gasteiger partial charge in [-0.05, 0) is 43.6 Å². The highest BCUT2D eigenvalue weighted by molar-refractivity contribution is 7.98. The van der Waals surface area contributed by atoms with Crippen molar-refractivity contribution in [3.8, 4) is 0 Å². The van der Waals surface area contributed by atoms with E-state index in [4.69, 9.17) is 0 Å². The smallest absolute Gasteiger partial charge is 0.320 e. The number of carboxylic acids is 1. The average molecular weight is 362 g/mol. The lowest BCUT2D eigenvalue weighted by atomic mass is 9.85. The van der Waals surface area contributed by atoms with Crippen LogP contribution in [0.25, 0.3) is 0 Å². The van der Waals surface area contributed by atoms with Crippen LogP contribution in [0.15, 0.2) is 29.2 Å². The van der Waals surface area contributed by atoms with Gasteiger partial charge >= 0.3 is 5.97 Å². The van der Waals surface area contributed by atoms with E-state index in [0.29, 0.717) is 24.9 Å². The van der Waals surface area contributed by atoms with Gasteiger partial charge in [0.1, 0.15) is 6.04 Å². The Balaban J connectivity index is 1.61. The minimum absolute atomic E-state index is 0.0510. The summed E-state index contributed by atoms with van der Waals surface area (Å²) >= 11 is 1.60. The summed E-state index contributed by atoms with van der Waals surface area (Å²) in [4.78, 5) is 27.1. The lowest BCUT2D eigenvalue weighted by Gasteiger charge is -2.32. The number of carbonyl (C=O) groups is 2. The Morgan fingerprint density at radius 1 is 1.28 bits per heavy atom. The predicted molar refractivity (Wildman–Crippen MR) is 100.0 cm³/mol. The Bertz CT molecular complexity index is 637. The van der Waals surface area contributed by atoms with E-state index in [1.807, 2.05) is 30.5 Å². The Morgan fingerprint density at radius 2 is 2.04 bits per heavy atom. The number of amides is 1. The van der Waals surface area contributed by atoms with Crippen LogP contribution in [-0.4, -0.2) is 46.8 Å². The van der Waals surface area contributed by atoms with Crippen LogP contribution in [0.5, 0.6) is 0 Å². The first-order valence-corrected chi connectivity index (χ1v) is 10.2. The van der Waals surface area contributed by atoms with Gasteiger partial charge in [-0.2, -0.15) is 0 Å². The molecule has 3 unspecified atom stereocenters. The van der Waals surface area contributed by atoms with Crippen molar-refractivity contribution in [1.29, 1.82) is 0 Å². The summed E-state index contributed by atoms with van der Waals surface area (Å²) in [6.07, 6.45) is 7.59. The van der Waals surface area contributed by atoms with Crippen molar-refractivity contribution in [3.63, 3.8) is 0 Å². The van der Waals surface area contributed by atoms with Crippen LogP contribution in [0, 0.1) is 5.92 Å². The van der Waals surface area contributed by atoms with Crippen LogP contribution in [0.3, 0.4) is 0 Å². The summed E-state index contributed by atoms with van der Waals surface area (Å²) < 4.78 is 0. The number of carbonyl (C=O) groups excluding carboxylic acids is 1. The van der Waals surface area contributed by atoms with E-state index in [-0.39, 0.29) is 5.91 Å². The molecule has 0 aromatic heterocycles. The number of para-hydroxylation sites is 1. The van der Waals surface area contributed by atoms with Crippen LogP contribution in [0.4, 0.5) is 5.69 Å². The zero-order valence-electron chi connectivity index (χ0n) is 14.6. The van der Waals surface area contributed by atoms with Gasteiger partial charge in [0.25, 0.3) is 0 Å². The van der Waals surface area contributed by atoms with Crippen LogP contribution >= 0.6 is 11.8 Å². The number of thioether (sulfide) groups is 1. The van der Waals surface area contributed by atoms with E-state index < -0.39 is 12.0 Å². The molecule has 1 heterocycles. The largest absolute Gasteiger partial charge is 0.480 e. The van der Waals surface area contributed by atoms with Crippen molar-refractivity contribution in [1.82, 2.24) is 4.90 Å². The molecular formula is C19H26N2O3S. The van der Waals surface area contributed by atoms with Gasteiger partial charge in [0.15, 0.2) is 0 Å². The Morgan fingerprint density at radius 3 is 2.80 bits per heavy atom. The number of aliphatic carboxylic acids is 1. The monoisotopic (exact) mass is 362 g/mol. The van der Waals surface area contributed by atoms with Crippen LogP contribution in [0.2, 0.25) is 0 Å². The molecule has 3 rings (SSSR count). The molecule has 3 atom stereocenters. The molecule has 0 bridgehead atoms. The van der Waals surface area contributed by atoms with Gasteiger partial charge in [-0.1, -0.05) is 25.0 Å². The first-order chi connectivity index (χ1) is 12.1. The van der Waals surface area contributed by atoms with Gasteiger partial charge in [0.05, 0.1) is 5.69 Å². The molecule has 1 aliphatic heterocycles. The standard InChI is InChI=1S/C19H26N2O3S/c1-25-17-9-5-3-7-14(17)20-18(22)10-11-21-15-8-4-2-6-13(15)12-16(21)19(23)24/h3,5,7,9,13,15-16H,2,4,6,8,10-12H2,1H3,(H,20,22)(H,23,24). The molecule has 2 N–H and O–H groups in total. The maximum absolute atomic E-state index is 12.4. The van der Waals surface area contributed by atoms with Crippen molar-refractivity contribution in [2.24, 2.45) is 5.92 Å². The zero-order chi connectivity index (χ0) is 17.8. The fourth-order valence-electron chi connectivity index (χ4n) is 4.31. The highest BCUT2D eigenvalue weighted by atomic mass is 32.2. The number of anilines is 1. The fourth-order valence-corrected chi connectivity index (χ4v) is 4.86. The topological polar surface area (TPSA) is 69.6 Å². The third-order valence-electron chi connectivity index (χ3n) is 5.48. The normalized spacial score (nSPS) is 26.2. The molecule has 2 aliphatic rings. The number of likely N-dealkylation sites (tertiary alicyclic amines) is 1. The first kappa shape index (κ1) is 18.3. The van der Waals surface area contributed by atoms with Crippen molar-refractivity contribution in [2.45, 2.75) is 55.5 Å². The van der Waals surface area contributed by atoms with Crippen molar-refractivity contribution >= 4 is 29.3 Å². The number of nitrogens with one attached hydrogen (secondary N) is 1. The van der Waals surface area contributed by atoms with Gasteiger partial charge in [0.2, 0.25) is 5.91 Å². The van der Waals surface area contributed by atoms with Crippen LogP contribution < -0.4 is 5.32 Å². The van der Waals surface area contributed by atoms with Gasteiger partial charge in [0, 0.05) is 23.9 Å². The molecular weight excluding hydrogens is 336 g/mol. The SMILES string of the molecule is CSc1ccccc1NC(=O)CCN1C(C(=O)O)CC2CCCCC21. The molecule has 1 aromatic rings. The van der Waals surface area contributed by atoms with Gasteiger partial charge in [-0.3, -0.25) is 14.5 Å². The summed E-state index contributed by atoms with van der Waals surface area (Å²) in [7, 11) is 0. The number of rotatable bonds is 6. The molecule has 1 saturated carbocycles. The number of fused-ring (bicyclic) bond motifs is 1. The summed E-state index contributed by atoms with van der Waals surface area (Å²) in [5.74, 6) is -0.317. The number of carboxylic acid groups (broad SMARTS) is 1. The lowest BCUT2D eigenvalue weighted by molar-refractivity contribution is -0.143. The molecule has 1 aliphatic carbocycles. The molecule has 0 spiro atoms. The third-order valence-corrected chi connectivity index (χ3v) is 6.28. The number of hydrogen-bond acceptors (Lipinski definition) is 4. The summed E-state index contributed by atoms with van der Waals surface area (Å²) in [6.45, 7) is 0.519. The Kier molecular flexibility index (Phi) is 6.02. The molecule has 2 fully saturated rings. The molecule has 25 heavy (non-hydrogen) atoms. The van der Waals surface area contributed by atoms with Crippen molar-refractivity contribution in [2.75, 3.05) is 18.1 Å². The highest BCUT2D eigenvalue weighted by Crippen LogP contribution is 2.39. The Hall–Kier alpha value is -1.53. The molecule has 1 saturated heterocycles. The maximum atomic E-state index is 12.4. The van der Waals surface area contributed by atoms with E-state index in [0.717, 1.165) is 36.3 Å². The second kappa shape index (κ2) is 8.23. The molecule has 136 valence electrons. The molecule has 6 heteroatoms. The molecule has 1 amide bonds. The second-order valence-corrected chi connectivity index (χ2v) is 7.79. The van der Waals surface area contributed by atoms with Crippen LogP contribution in [-0.2, 0) is 9.59 Å². The first-order valence-electron chi connectivity index (χ1n) is 9.01. The van der Waals surface area contributed by atoms with E-state index >= 15 is 0 Å². The summed E-state index contributed by atoms with van der Waals surface area (Å²) in [5.41, 5.74) is 0.826. The number of benzene rings is 1. The molecule has 1 aromatic carbocycles. The average Bonchev–Trinajstić information content (AvgIpc) is 2.99. The quantitative estimate of drug-likeness (QED) is 0.759. The van der Waals surface area contributed by atoms with Crippen molar-refractivity contribution < 1.29 is 14.7 Å². The summed E-state index contributed by atoms with van der Waals surface area (Å²) in [6, 6.07) is 7.64. The second-order valence-electron chi connectivity index (χ2n) is 6.94. The van der Waals surface area contributed by atoms with Crippen LogP contribution in [0.1, 0.15) is 38.5 Å². The van der Waals surface area contributed by atoms with Crippen molar-refractivity contribution in [3.05, 3.63) is 24.3 Å². The molecule has 0 radical (unpaired) electrons. The third kappa shape index (κ3) is 4.18. The lowest BCUT2D eigenvalue weighted by Crippen LogP contribution is -2.43. The highest BCUT2D eigenvalue weighted by Gasteiger charge is 2.44. The van der Waals surface area contributed by atoms with Gasteiger partial charge in [-0.25, -0.2) is 0 Å². The maximum Gasteiger partial charge on any atom is 0.320 e.